The molecule has 162 valence electrons. The van der Waals surface area contributed by atoms with Crippen molar-refractivity contribution in [3.63, 3.8) is 0 Å². The molecule has 1 aliphatic heterocycles. The summed E-state index contributed by atoms with van der Waals surface area (Å²) < 4.78 is 11.4. The molecule has 0 aliphatic carbocycles. The number of amides is 1. The maximum Gasteiger partial charge on any atom is 0.226 e. The van der Waals surface area contributed by atoms with Crippen LogP contribution in [0.15, 0.2) is 48.5 Å². The number of piperazine rings is 1. The number of benzene rings is 2. The van der Waals surface area contributed by atoms with E-state index in [4.69, 9.17) is 9.47 Å². The minimum Gasteiger partial charge on any atom is -0.493 e. The Hall–Kier alpha value is -2.73. The van der Waals surface area contributed by atoms with E-state index in [0.717, 1.165) is 39.1 Å². The van der Waals surface area contributed by atoms with E-state index in [1.807, 2.05) is 26.0 Å². The zero-order chi connectivity index (χ0) is 21.3. The molecule has 1 N–H and O–H groups in total. The number of ether oxygens (including phenoxy) is 2. The fourth-order valence-corrected chi connectivity index (χ4v) is 3.49. The Balaban J connectivity index is 1.40. The lowest BCUT2D eigenvalue weighted by Gasteiger charge is -2.36. The molecule has 0 aromatic heterocycles. The SMILES string of the molecule is COc1cc(NC(=O)C(C)C)ccc1OCCCN1CCN(c2ccccc2)CC1. The molecule has 3 rings (SSSR count). The highest BCUT2D eigenvalue weighted by Crippen LogP contribution is 2.30. The van der Waals surface area contributed by atoms with Gasteiger partial charge in [-0.25, -0.2) is 0 Å². The first-order valence-electron chi connectivity index (χ1n) is 10.7. The Morgan fingerprint density at radius 2 is 1.77 bits per heavy atom. The molecular weight excluding hydrogens is 378 g/mol. The van der Waals surface area contributed by atoms with Gasteiger partial charge < -0.3 is 19.7 Å². The van der Waals surface area contributed by atoms with Gasteiger partial charge in [0.15, 0.2) is 11.5 Å². The molecule has 1 aliphatic rings. The van der Waals surface area contributed by atoms with E-state index < -0.39 is 0 Å². The van der Waals surface area contributed by atoms with Gasteiger partial charge in [-0.3, -0.25) is 9.69 Å². The average Bonchev–Trinajstić information content (AvgIpc) is 2.78. The lowest BCUT2D eigenvalue weighted by atomic mass is 10.2. The monoisotopic (exact) mass is 411 g/mol. The summed E-state index contributed by atoms with van der Waals surface area (Å²) in [7, 11) is 1.61. The molecule has 6 nitrogen and oxygen atoms in total. The van der Waals surface area contributed by atoms with E-state index in [2.05, 4.69) is 45.4 Å². The number of carbonyl (C=O) groups is 1. The average molecular weight is 412 g/mol. The minimum atomic E-state index is -0.0681. The van der Waals surface area contributed by atoms with Gasteiger partial charge in [0.1, 0.15) is 0 Å². The van der Waals surface area contributed by atoms with E-state index in [1.165, 1.54) is 5.69 Å². The molecule has 30 heavy (non-hydrogen) atoms. The topological polar surface area (TPSA) is 54.0 Å². The summed E-state index contributed by atoms with van der Waals surface area (Å²) in [6, 6.07) is 16.1. The lowest BCUT2D eigenvalue weighted by molar-refractivity contribution is -0.118. The van der Waals surface area contributed by atoms with Crippen LogP contribution in [0.2, 0.25) is 0 Å². The zero-order valence-electron chi connectivity index (χ0n) is 18.3. The first kappa shape index (κ1) is 22.0. The third-order valence-corrected chi connectivity index (χ3v) is 5.33. The second-order valence-electron chi connectivity index (χ2n) is 7.88. The lowest BCUT2D eigenvalue weighted by Crippen LogP contribution is -2.46. The van der Waals surface area contributed by atoms with Crippen molar-refractivity contribution >= 4 is 17.3 Å². The number of hydrogen-bond acceptors (Lipinski definition) is 5. The van der Waals surface area contributed by atoms with Crippen molar-refractivity contribution in [2.75, 3.05) is 56.7 Å². The zero-order valence-corrected chi connectivity index (χ0v) is 18.3. The van der Waals surface area contributed by atoms with Gasteiger partial charge in [0, 0.05) is 56.1 Å². The van der Waals surface area contributed by atoms with Crippen molar-refractivity contribution in [2.24, 2.45) is 5.92 Å². The van der Waals surface area contributed by atoms with Crippen molar-refractivity contribution < 1.29 is 14.3 Å². The third kappa shape index (κ3) is 6.13. The van der Waals surface area contributed by atoms with E-state index >= 15 is 0 Å². The summed E-state index contributed by atoms with van der Waals surface area (Å²) in [4.78, 5) is 16.8. The van der Waals surface area contributed by atoms with Crippen LogP contribution in [0.4, 0.5) is 11.4 Å². The van der Waals surface area contributed by atoms with Gasteiger partial charge in [-0.1, -0.05) is 32.0 Å². The number of anilines is 2. The van der Waals surface area contributed by atoms with Gasteiger partial charge in [0.25, 0.3) is 0 Å². The number of nitrogens with zero attached hydrogens (tertiary/aromatic N) is 2. The molecule has 2 aromatic carbocycles. The van der Waals surface area contributed by atoms with Gasteiger partial charge in [0.2, 0.25) is 5.91 Å². The van der Waals surface area contributed by atoms with E-state index in [9.17, 15) is 4.79 Å². The van der Waals surface area contributed by atoms with Crippen LogP contribution >= 0.6 is 0 Å². The highest BCUT2D eigenvalue weighted by Gasteiger charge is 2.17. The standard InChI is InChI=1S/C24H33N3O3/c1-19(2)24(28)25-20-10-11-22(23(18-20)29-3)30-17-7-12-26-13-15-27(16-14-26)21-8-5-4-6-9-21/h4-6,8-11,18-19H,7,12-17H2,1-3H3,(H,25,28). The molecular formula is C24H33N3O3. The Morgan fingerprint density at radius 3 is 2.43 bits per heavy atom. The number of carbonyl (C=O) groups excluding carboxylic acids is 1. The van der Waals surface area contributed by atoms with Crippen LogP contribution in [0.25, 0.3) is 0 Å². The molecule has 0 spiro atoms. The summed E-state index contributed by atoms with van der Waals surface area (Å²) in [6.45, 7) is 9.65. The molecule has 6 heteroatoms. The highest BCUT2D eigenvalue weighted by atomic mass is 16.5. The van der Waals surface area contributed by atoms with Crippen molar-refractivity contribution in [2.45, 2.75) is 20.3 Å². The third-order valence-electron chi connectivity index (χ3n) is 5.33. The molecule has 1 fully saturated rings. The number of methoxy groups -OCH3 is 1. The summed E-state index contributed by atoms with van der Waals surface area (Å²) in [5.41, 5.74) is 2.02. The molecule has 1 saturated heterocycles. The van der Waals surface area contributed by atoms with Crippen LogP contribution in [0.1, 0.15) is 20.3 Å². The molecule has 2 aromatic rings. The van der Waals surface area contributed by atoms with Crippen molar-refractivity contribution in [1.29, 1.82) is 0 Å². The first-order chi connectivity index (χ1) is 14.6. The van der Waals surface area contributed by atoms with Crippen LogP contribution in [0.3, 0.4) is 0 Å². The molecule has 1 heterocycles. The van der Waals surface area contributed by atoms with Gasteiger partial charge >= 0.3 is 0 Å². The molecule has 0 saturated carbocycles. The number of nitrogens with one attached hydrogen (secondary N) is 1. The Bertz CT molecular complexity index is 803. The summed E-state index contributed by atoms with van der Waals surface area (Å²) >= 11 is 0. The van der Waals surface area contributed by atoms with E-state index in [0.29, 0.717) is 23.8 Å². The molecule has 0 radical (unpaired) electrons. The maximum atomic E-state index is 11.9. The van der Waals surface area contributed by atoms with Gasteiger partial charge in [-0.2, -0.15) is 0 Å². The largest absolute Gasteiger partial charge is 0.493 e. The highest BCUT2D eigenvalue weighted by molar-refractivity contribution is 5.92. The molecule has 0 unspecified atom stereocenters. The van der Waals surface area contributed by atoms with Gasteiger partial charge in [-0.05, 0) is 30.7 Å². The van der Waals surface area contributed by atoms with Crippen LogP contribution in [-0.4, -0.2) is 57.2 Å². The second-order valence-corrected chi connectivity index (χ2v) is 7.88. The summed E-state index contributed by atoms with van der Waals surface area (Å²) in [5.74, 6) is 1.25. The second kappa shape index (κ2) is 10.9. The molecule has 0 bridgehead atoms. The predicted octanol–water partition coefficient (Wildman–Crippen LogP) is 3.88. The van der Waals surface area contributed by atoms with Gasteiger partial charge in [0.05, 0.1) is 13.7 Å². The predicted molar refractivity (Wildman–Crippen MR) is 122 cm³/mol. The first-order valence-corrected chi connectivity index (χ1v) is 10.7. The van der Waals surface area contributed by atoms with Crippen LogP contribution in [0, 0.1) is 5.92 Å². The van der Waals surface area contributed by atoms with Crippen LogP contribution < -0.4 is 19.7 Å². The smallest absolute Gasteiger partial charge is 0.226 e. The van der Waals surface area contributed by atoms with E-state index in [1.54, 1.807) is 13.2 Å². The minimum absolute atomic E-state index is 0.0157. The van der Waals surface area contributed by atoms with Crippen molar-refractivity contribution in [3.05, 3.63) is 48.5 Å². The van der Waals surface area contributed by atoms with E-state index in [-0.39, 0.29) is 11.8 Å². The molecule has 1 amide bonds. The van der Waals surface area contributed by atoms with Crippen LogP contribution in [-0.2, 0) is 4.79 Å². The normalized spacial score (nSPS) is 14.6. The number of rotatable bonds is 9. The summed E-state index contributed by atoms with van der Waals surface area (Å²) in [6.07, 6.45) is 0.959. The van der Waals surface area contributed by atoms with Crippen molar-refractivity contribution in [1.82, 2.24) is 4.90 Å². The Labute approximate surface area is 179 Å². The number of para-hydroxylation sites is 1. The Kier molecular flexibility index (Phi) is 7.97. The van der Waals surface area contributed by atoms with Crippen LogP contribution in [0.5, 0.6) is 11.5 Å². The summed E-state index contributed by atoms with van der Waals surface area (Å²) in [5, 5.41) is 2.88. The van der Waals surface area contributed by atoms with Crippen molar-refractivity contribution in [3.8, 4) is 11.5 Å². The van der Waals surface area contributed by atoms with Gasteiger partial charge in [-0.15, -0.1) is 0 Å². The quantitative estimate of drug-likeness (QED) is 0.635. The molecule has 0 atom stereocenters. The Morgan fingerprint density at radius 1 is 1.03 bits per heavy atom. The fourth-order valence-electron chi connectivity index (χ4n) is 3.49. The fraction of sp³-hybridized carbons (Fsp3) is 0.458. The number of hydrogen-bond donors (Lipinski definition) is 1. The maximum absolute atomic E-state index is 11.9.